The molecule has 0 amide bonds. The normalized spacial score (nSPS) is 10.5. The van der Waals surface area contributed by atoms with Gasteiger partial charge in [-0.2, -0.15) is 0 Å². The highest BCUT2D eigenvalue weighted by molar-refractivity contribution is 9.10. The summed E-state index contributed by atoms with van der Waals surface area (Å²) >= 11 is 10.2. The maximum atomic E-state index is 5.14. The van der Waals surface area contributed by atoms with Crippen LogP contribution in [0.4, 0.5) is 0 Å². The fourth-order valence-electron chi connectivity index (χ4n) is 1.28. The van der Waals surface area contributed by atoms with Crippen molar-refractivity contribution in [2.24, 2.45) is 0 Å². The Hall–Kier alpha value is -0.650. The van der Waals surface area contributed by atoms with Crippen LogP contribution in [-0.4, -0.2) is 9.97 Å². The Labute approximate surface area is 118 Å². The minimum Gasteiger partial charge on any atom is -0.333 e. The molecule has 1 N–H and O–H groups in total. The van der Waals surface area contributed by atoms with Gasteiger partial charge in [0.1, 0.15) is 10.5 Å². The van der Waals surface area contributed by atoms with Crippen molar-refractivity contribution in [2.75, 3.05) is 0 Å². The second-order valence-electron chi connectivity index (χ2n) is 3.61. The van der Waals surface area contributed by atoms with Crippen LogP contribution in [-0.2, 0) is 5.75 Å². The molecule has 1 aromatic carbocycles. The summed E-state index contributed by atoms with van der Waals surface area (Å²) in [6, 6.07) is 8.46. The highest BCUT2D eigenvalue weighted by atomic mass is 79.9. The molecule has 0 unspecified atom stereocenters. The van der Waals surface area contributed by atoms with Gasteiger partial charge in [-0.25, -0.2) is 4.98 Å². The second kappa shape index (κ2) is 5.80. The first-order valence-corrected chi connectivity index (χ1v) is 7.27. The zero-order valence-corrected chi connectivity index (χ0v) is 12.5. The molecule has 0 spiro atoms. The summed E-state index contributed by atoms with van der Waals surface area (Å²) in [6.07, 6.45) is 1.74. The van der Waals surface area contributed by atoms with Gasteiger partial charge in [0, 0.05) is 11.1 Å². The lowest BCUT2D eigenvalue weighted by Gasteiger charge is -2.02. The smallest absolute Gasteiger partial charge is 0.120 e. The molecule has 0 saturated heterocycles. The molecular weight excluding hydrogens is 316 g/mol. The molecule has 0 aliphatic heterocycles. The van der Waals surface area contributed by atoms with E-state index < -0.39 is 0 Å². The van der Waals surface area contributed by atoms with Crippen molar-refractivity contribution in [3.8, 4) is 0 Å². The number of hydrogen-bond acceptors (Lipinski definition) is 3. The fraction of sp³-hybridized carbons (Fsp3) is 0.167. The van der Waals surface area contributed by atoms with Crippen LogP contribution in [0.1, 0.15) is 11.4 Å². The maximum absolute atomic E-state index is 5.14. The van der Waals surface area contributed by atoms with E-state index in [0.29, 0.717) is 4.64 Å². The standard InChI is InChI=1S/C12H11BrN2S2/c1-8-2-4-9(5-3-8)17-7-11-14-6-10(13)12(16)15-11/h2-6H,7H2,1H3,(H,14,15,16). The predicted octanol–water partition coefficient (Wildman–Crippen LogP) is 4.50. The van der Waals surface area contributed by atoms with E-state index >= 15 is 0 Å². The zero-order valence-electron chi connectivity index (χ0n) is 9.24. The summed E-state index contributed by atoms with van der Waals surface area (Å²) in [5, 5.41) is 0. The van der Waals surface area contributed by atoms with E-state index in [2.05, 4.69) is 57.1 Å². The third kappa shape index (κ3) is 3.66. The number of aryl methyl sites for hydroxylation is 1. The Balaban J connectivity index is 2.04. The lowest BCUT2D eigenvalue weighted by molar-refractivity contribution is 1.01. The van der Waals surface area contributed by atoms with Crippen molar-refractivity contribution in [3.05, 3.63) is 51.0 Å². The molecule has 5 heteroatoms. The Morgan fingerprint density at radius 3 is 2.71 bits per heavy atom. The topological polar surface area (TPSA) is 28.7 Å². The van der Waals surface area contributed by atoms with Gasteiger partial charge in [0.2, 0.25) is 0 Å². The van der Waals surface area contributed by atoms with Crippen molar-refractivity contribution >= 4 is 39.9 Å². The molecule has 0 fully saturated rings. The van der Waals surface area contributed by atoms with Crippen molar-refractivity contribution in [1.29, 1.82) is 0 Å². The molecule has 17 heavy (non-hydrogen) atoms. The van der Waals surface area contributed by atoms with Crippen molar-refractivity contribution in [1.82, 2.24) is 9.97 Å². The third-order valence-electron chi connectivity index (χ3n) is 2.21. The molecule has 88 valence electrons. The van der Waals surface area contributed by atoms with Gasteiger partial charge in [0.15, 0.2) is 0 Å². The lowest BCUT2D eigenvalue weighted by atomic mass is 10.2. The van der Waals surface area contributed by atoms with Crippen molar-refractivity contribution in [2.45, 2.75) is 17.6 Å². The van der Waals surface area contributed by atoms with Crippen molar-refractivity contribution in [3.63, 3.8) is 0 Å². The maximum Gasteiger partial charge on any atom is 0.120 e. The molecule has 0 aliphatic carbocycles. The van der Waals surface area contributed by atoms with Crippen LogP contribution in [0.2, 0.25) is 0 Å². The molecule has 1 heterocycles. The number of benzene rings is 1. The quantitative estimate of drug-likeness (QED) is 0.664. The number of aromatic nitrogens is 2. The number of H-pyrrole nitrogens is 1. The highest BCUT2D eigenvalue weighted by Gasteiger charge is 1.99. The lowest BCUT2D eigenvalue weighted by Crippen LogP contribution is -1.92. The SMILES string of the molecule is Cc1ccc(SCc2ncc(Br)c(=S)[nH]2)cc1. The molecule has 0 radical (unpaired) electrons. The predicted molar refractivity (Wildman–Crippen MR) is 77.9 cm³/mol. The number of thioether (sulfide) groups is 1. The Bertz CT molecular complexity index is 563. The molecule has 0 saturated carbocycles. The van der Waals surface area contributed by atoms with Crippen LogP contribution in [0.15, 0.2) is 39.8 Å². The first kappa shape index (κ1) is 12.8. The number of halogens is 1. The second-order valence-corrected chi connectivity index (χ2v) is 5.92. The number of rotatable bonds is 3. The zero-order chi connectivity index (χ0) is 12.3. The van der Waals surface area contributed by atoms with E-state index in [-0.39, 0.29) is 0 Å². The summed E-state index contributed by atoms with van der Waals surface area (Å²) < 4.78 is 1.52. The summed E-state index contributed by atoms with van der Waals surface area (Å²) in [7, 11) is 0. The number of nitrogens with zero attached hydrogens (tertiary/aromatic N) is 1. The van der Waals surface area contributed by atoms with E-state index in [1.165, 1.54) is 10.5 Å². The van der Waals surface area contributed by atoms with Gasteiger partial charge in [-0.05, 0) is 35.0 Å². The summed E-state index contributed by atoms with van der Waals surface area (Å²) in [6.45, 7) is 2.09. The van der Waals surface area contributed by atoms with Crippen LogP contribution in [0, 0.1) is 11.6 Å². The monoisotopic (exact) mass is 326 g/mol. The van der Waals surface area contributed by atoms with Crippen LogP contribution in [0.5, 0.6) is 0 Å². The molecule has 0 aliphatic rings. The Morgan fingerprint density at radius 1 is 1.35 bits per heavy atom. The minimum absolute atomic E-state index is 0.694. The fourth-order valence-corrected chi connectivity index (χ4v) is 2.43. The van der Waals surface area contributed by atoms with Gasteiger partial charge in [-0.3, -0.25) is 0 Å². The van der Waals surface area contributed by atoms with E-state index in [1.807, 2.05) is 0 Å². The van der Waals surface area contributed by atoms with E-state index in [0.717, 1.165) is 16.0 Å². The Morgan fingerprint density at radius 2 is 2.06 bits per heavy atom. The van der Waals surface area contributed by atoms with Gasteiger partial charge in [0.05, 0.1) is 10.2 Å². The Kier molecular flexibility index (Phi) is 4.36. The van der Waals surface area contributed by atoms with Gasteiger partial charge in [-0.15, -0.1) is 11.8 Å². The average Bonchev–Trinajstić information content (AvgIpc) is 2.33. The van der Waals surface area contributed by atoms with Gasteiger partial charge in [-0.1, -0.05) is 29.9 Å². The third-order valence-corrected chi connectivity index (χ3v) is 4.41. The first-order chi connectivity index (χ1) is 8.15. The number of nitrogens with one attached hydrogen (secondary N) is 1. The van der Waals surface area contributed by atoms with Crippen molar-refractivity contribution < 1.29 is 0 Å². The van der Waals surface area contributed by atoms with Crippen LogP contribution in [0.3, 0.4) is 0 Å². The van der Waals surface area contributed by atoms with E-state index in [4.69, 9.17) is 12.2 Å². The van der Waals surface area contributed by atoms with Crippen LogP contribution < -0.4 is 0 Å². The number of aromatic amines is 1. The molecule has 2 nitrogen and oxygen atoms in total. The minimum atomic E-state index is 0.694. The molecule has 2 rings (SSSR count). The van der Waals surface area contributed by atoms with Gasteiger partial charge in [0.25, 0.3) is 0 Å². The van der Waals surface area contributed by atoms with Gasteiger partial charge >= 0.3 is 0 Å². The largest absolute Gasteiger partial charge is 0.333 e. The summed E-state index contributed by atoms with van der Waals surface area (Å²) in [4.78, 5) is 8.61. The summed E-state index contributed by atoms with van der Waals surface area (Å²) in [5.41, 5.74) is 1.27. The van der Waals surface area contributed by atoms with Gasteiger partial charge < -0.3 is 4.98 Å². The summed E-state index contributed by atoms with van der Waals surface area (Å²) in [5.74, 6) is 1.68. The molecule has 1 aromatic heterocycles. The molecule has 0 atom stereocenters. The number of hydrogen-bond donors (Lipinski definition) is 1. The molecule has 2 aromatic rings. The molecular formula is C12H11BrN2S2. The highest BCUT2D eigenvalue weighted by Crippen LogP contribution is 2.21. The van der Waals surface area contributed by atoms with E-state index in [1.54, 1.807) is 18.0 Å². The first-order valence-electron chi connectivity index (χ1n) is 5.08. The van der Waals surface area contributed by atoms with Crippen LogP contribution in [0.25, 0.3) is 0 Å². The van der Waals surface area contributed by atoms with Crippen LogP contribution >= 0.6 is 39.9 Å². The van der Waals surface area contributed by atoms with E-state index in [9.17, 15) is 0 Å². The molecule has 0 bridgehead atoms. The average molecular weight is 327 g/mol.